The molecule has 1 rings (SSSR count). The maximum absolute atomic E-state index is 11.4. The summed E-state index contributed by atoms with van der Waals surface area (Å²) >= 11 is 5.95. The minimum Gasteiger partial charge on any atom is -0.488 e. The minimum absolute atomic E-state index is 0.174. The van der Waals surface area contributed by atoms with Gasteiger partial charge < -0.3 is 9.47 Å². The number of carbonyl (C=O) groups excluding carboxylic acids is 1. The molecule has 0 heterocycles. The fourth-order valence-corrected chi connectivity index (χ4v) is 1.60. The molecule has 0 bridgehead atoms. The largest absolute Gasteiger partial charge is 0.488 e. The third-order valence-electron chi connectivity index (χ3n) is 2.38. The smallest absolute Gasteiger partial charge is 0.306 e. The summed E-state index contributed by atoms with van der Waals surface area (Å²) in [6.45, 7) is 4.15. The monoisotopic (exact) mass is 270 g/mol. The number of ether oxygens (including phenoxy) is 2. The van der Waals surface area contributed by atoms with E-state index >= 15 is 0 Å². The standard InChI is InChI=1S/C14H19ClO3/c1-3-4-9-14(16)18-11(2)10-17-13-8-6-5-7-12(13)15/h5-8,11H,3-4,9-10H2,1-2H3. The summed E-state index contributed by atoms with van der Waals surface area (Å²) in [5.74, 6) is 0.433. The van der Waals surface area contributed by atoms with Crippen LogP contribution in [0.1, 0.15) is 33.1 Å². The lowest BCUT2D eigenvalue weighted by Crippen LogP contribution is -2.21. The molecule has 0 aliphatic rings. The number of hydrogen-bond donors (Lipinski definition) is 0. The number of carbonyl (C=O) groups is 1. The summed E-state index contributed by atoms with van der Waals surface area (Å²) in [5.41, 5.74) is 0. The van der Waals surface area contributed by atoms with Gasteiger partial charge in [-0.2, -0.15) is 0 Å². The molecule has 0 spiro atoms. The Bertz CT molecular complexity index is 379. The van der Waals surface area contributed by atoms with Gasteiger partial charge in [0.1, 0.15) is 18.5 Å². The zero-order chi connectivity index (χ0) is 13.4. The Labute approximate surface area is 113 Å². The van der Waals surface area contributed by atoms with Gasteiger partial charge in [0.05, 0.1) is 5.02 Å². The first-order valence-corrected chi connectivity index (χ1v) is 6.58. The topological polar surface area (TPSA) is 35.5 Å². The Morgan fingerprint density at radius 3 is 2.78 bits per heavy atom. The molecule has 1 atom stereocenters. The van der Waals surface area contributed by atoms with Crippen molar-refractivity contribution in [1.82, 2.24) is 0 Å². The molecular weight excluding hydrogens is 252 g/mol. The molecule has 3 nitrogen and oxygen atoms in total. The number of hydrogen-bond acceptors (Lipinski definition) is 3. The van der Waals surface area contributed by atoms with Crippen LogP contribution in [0.25, 0.3) is 0 Å². The second kappa shape index (κ2) is 7.98. The maximum Gasteiger partial charge on any atom is 0.306 e. The van der Waals surface area contributed by atoms with Crippen molar-refractivity contribution in [2.24, 2.45) is 0 Å². The lowest BCUT2D eigenvalue weighted by atomic mass is 10.2. The highest BCUT2D eigenvalue weighted by atomic mass is 35.5. The molecule has 0 saturated carbocycles. The Morgan fingerprint density at radius 2 is 2.11 bits per heavy atom. The maximum atomic E-state index is 11.4. The molecule has 1 unspecified atom stereocenters. The van der Waals surface area contributed by atoms with Crippen LogP contribution in [0.15, 0.2) is 24.3 Å². The number of benzene rings is 1. The molecule has 100 valence electrons. The number of unbranched alkanes of at least 4 members (excludes halogenated alkanes) is 1. The fourth-order valence-electron chi connectivity index (χ4n) is 1.41. The van der Waals surface area contributed by atoms with E-state index in [1.54, 1.807) is 19.1 Å². The van der Waals surface area contributed by atoms with Crippen molar-refractivity contribution in [2.75, 3.05) is 6.61 Å². The number of rotatable bonds is 7. The first-order chi connectivity index (χ1) is 8.63. The van der Waals surface area contributed by atoms with Crippen LogP contribution in [-0.4, -0.2) is 18.7 Å². The number of para-hydroxylation sites is 1. The zero-order valence-electron chi connectivity index (χ0n) is 10.8. The van der Waals surface area contributed by atoms with Crippen LogP contribution in [0.2, 0.25) is 5.02 Å². The van der Waals surface area contributed by atoms with Gasteiger partial charge in [-0.15, -0.1) is 0 Å². The third-order valence-corrected chi connectivity index (χ3v) is 2.69. The average Bonchev–Trinajstić information content (AvgIpc) is 2.35. The lowest BCUT2D eigenvalue weighted by molar-refractivity contribution is -0.149. The lowest BCUT2D eigenvalue weighted by Gasteiger charge is -2.14. The average molecular weight is 271 g/mol. The number of esters is 1. The van der Waals surface area contributed by atoms with Gasteiger partial charge in [0, 0.05) is 6.42 Å². The first kappa shape index (κ1) is 14.8. The Balaban J connectivity index is 2.31. The van der Waals surface area contributed by atoms with Crippen molar-refractivity contribution >= 4 is 17.6 Å². The molecule has 4 heteroatoms. The second-order valence-electron chi connectivity index (χ2n) is 4.15. The molecule has 0 N–H and O–H groups in total. The van der Waals surface area contributed by atoms with Gasteiger partial charge in [-0.05, 0) is 25.5 Å². The quantitative estimate of drug-likeness (QED) is 0.706. The van der Waals surface area contributed by atoms with Crippen molar-refractivity contribution in [1.29, 1.82) is 0 Å². The van der Waals surface area contributed by atoms with Crippen LogP contribution in [0.4, 0.5) is 0 Å². The van der Waals surface area contributed by atoms with E-state index < -0.39 is 0 Å². The van der Waals surface area contributed by atoms with Crippen molar-refractivity contribution < 1.29 is 14.3 Å². The third kappa shape index (κ3) is 5.41. The van der Waals surface area contributed by atoms with Crippen LogP contribution in [-0.2, 0) is 9.53 Å². The molecule has 1 aromatic carbocycles. The van der Waals surface area contributed by atoms with Crippen LogP contribution in [0.3, 0.4) is 0 Å². The predicted octanol–water partition coefficient (Wildman–Crippen LogP) is 3.84. The van der Waals surface area contributed by atoms with E-state index in [0.717, 1.165) is 12.8 Å². The van der Waals surface area contributed by atoms with Crippen molar-refractivity contribution in [2.45, 2.75) is 39.2 Å². The van der Waals surface area contributed by atoms with Gasteiger partial charge in [-0.25, -0.2) is 0 Å². The van der Waals surface area contributed by atoms with Crippen LogP contribution >= 0.6 is 11.6 Å². The highest BCUT2D eigenvalue weighted by molar-refractivity contribution is 6.32. The van der Waals surface area contributed by atoms with E-state index in [4.69, 9.17) is 21.1 Å². The van der Waals surface area contributed by atoms with E-state index in [9.17, 15) is 4.79 Å². The van der Waals surface area contributed by atoms with Gasteiger partial charge in [-0.3, -0.25) is 4.79 Å². The summed E-state index contributed by atoms with van der Waals surface area (Å²) in [7, 11) is 0. The van der Waals surface area contributed by atoms with E-state index in [-0.39, 0.29) is 12.1 Å². The zero-order valence-corrected chi connectivity index (χ0v) is 11.6. The van der Waals surface area contributed by atoms with Crippen LogP contribution in [0, 0.1) is 0 Å². The van der Waals surface area contributed by atoms with Gasteiger partial charge in [0.25, 0.3) is 0 Å². The van der Waals surface area contributed by atoms with E-state index in [1.807, 2.05) is 19.1 Å². The Hall–Kier alpha value is -1.22. The van der Waals surface area contributed by atoms with Gasteiger partial charge in [0.2, 0.25) is 0 Å². The summed E-state index contributed by atoms with van der Waals surface area (Å²) in [4.78, 5) is 11.4. The van der Waals surface area contributed by atoms with E-state index in [1.165, 1.54) is 0 Å². The number of halogens is 1. The van der Waals surface area contributed by atoms with Crippen molar-refractivity contribution in [3.8, 4) is 5.75 Å². The van der Waals surface area contributed by atoms with Gasteiger partial charge >= 0.3 is 5.97 Å². The summed E-state index contributed by atoms with van der Waals surface area (Å²) < 4.78 is 10.7. The van der Waals surface area contributed by atoms with Crippen LogP contribution in [0.5, 0.6) is 5.75 Å². The molecule has 0 fully saturated rings. The second-order valence-corrected chi connectivity index (χ2v) is 4.55. The van der Waals surface area contributed by atoms with Crippen LogP contribution < -0.4 is 4.74 Å². The normalized spacial score (nSPS) is 11.9. The van der Waals surface area contributed by atoms with Gasteiger partial charge in [0.15, 0.2) is 0 Å². The molecular formula is C14H19ClO3. The van der Waals surface area contributed by atoms with E-state index in [2.05, 4.69) is 0 Å². The Kier molecular flexibility index (Phi) is 6.58. The summed E-state index contributed by atoms with van der Waals surface area (Å²) in [6.07, 6.45) is 2.04. The van der Waals surface area contributed by atoms with E-state index in [0.29, 0.717) is 23.8 Å². The SMILES string of the molecule is CCCCC(=O)OC(C)COc1ccccc1Cl. The van der Waals surface area contributed by atoms with Crippen molar-refractivity contribution in [3.05, 3.63) is 29.3 Å². The highest BCUT2D eigenvalue weighted by Crippen LogP contribution is 2.23. The predicted molar refractivity (Wildman–Crippen MR) is 72.0 cm³/mol. The minimum atomic E-state index is -0.273. The first-order valence-electron chi connectivity index (χ1n) is 6.20. The summed E-state index contributed by atoms with van der Waals surface area (Å²) in [6, 6.07) is 7.23. The van der Waals surface area contributed by atoms with Crippen molar-refractivity contribution in [3.63, 3.8) is 0 Å². The molecule has 0 radical (unpaired) electrons. The molecule has 0 aliphatic heterocycles. The Morgan fingerprint density at radius 1 is 1.39 bits per heavy atom. The summed E-state index contributed by atoms with van der Waals surface area (Å²) in [5, 5.41) is 0.557. The highest BCUT2D eigenvalue weighted by Gasteiger charge is 2.10. The molecule has 0 saturated heterocycles. The fraction of sp³-hybridized carbons (Fsp3) is 0.500. The molecule has 0 amide bonds. The van der Waals surface area contributed by atoms with Gasteiger partial charge in [-0.1, -0.05) is 37.1 Å². The molecule has 1 aromatic rings. The molecule has 0 aliphatic carbocycles. The molecule has 18 heavy (non-hydrogen) atoms. The molecule has 0 aromatic heterocycles.